The van der Waals surface area contributed by atoms with Crippen molar-refractivity contribution in [2.75, 3.05) is 51.4 Å². The van der Waals surface area contributed by atoms with Crippen LogP contribution in [0.3, 0.4) is 0 Å². The minimum absolute atomic E-state index is 0.00476. The van der Waals surface area contributed by atoms with Crippen LogP contribution in [0, 0.1) is 23.6 Å². The molecule has 1 saturated carbocycles. The first-order chi connectivity index (χ1) is 26.0. The van der Waals surface area contributed by atoms with Crippen LogP contribution in [0.2, 0.25) is 0 Å². The molecule has 4 heterocycles. The fourth-order valence-corrected chi connectivity index (χ4v) is 9.99. The average Bonchev–Trinajstić information content (AvgIpc) is 3.74. The summed E-state index contributed by atoms with van der Waals surface area (Å²) in [6, 6.07) is 6.65. The summed E-state index contributed by atoms with van der Waals surface area (Å²) in [5.74, 6) is 2.70. The van der Waals surface area contributed by atoms with Gasteiger partial charge in [0.1, 0.15) is 30.2 Å². The number of phenols is 1. The molecule has 0 radical (unpaired) electrons. The second-order valence-electron chi connectivity index (χ2n) is 16.3. The third-order valence-corrected chi connectivity index (χ3v) is 12.8. The number of aromatic nitrogens is 2. The standard InChI is InChI=1S/C43H49F2N5O4/c1-5-33-36(45)12-10-28-18-32(51)20-35(39(28)33)27-9-11-34-37(19-27)46-41(47-40(34)48(4)25-30-8-7-15-49(30)38(52)6-2)54-26-42(3)21-29(44)24-50(42)31-22-43(23-31)13-16-53-17-14-43/h1,6,10,12,18-20,29-31,51H,2,7-9,11,13-17,21-26H2,3-4H3/t29-,30+,42+/m1/s1. The highest BCUT2D eigenvalue weighted by atomic mass is 19.1. The lowest BCUT2D eigenvalue weighted by molar-refractivity contribution is -0.126. The molecule has 1 spiro atoms. The molecule has 54 heavy (non-hydrogen) atoms. The number of ether oxygens (including phenoxy) is 2. The van der Waals surface area contributed by atoms with E-state index in [2.05, 4.69) is 29.2 Å². The number of hydrogen-bond donors (Lipinski definition) is 1. The van der Waals surface area contributed by atoms with Gasteiger partial charge >= 0.3 is 6.01 Å². The Morgan fingerprint density at radius 1 is 1.22 bits per heavy atom. The van der Waals surface area contributed by atoms with E-state index < -0.39 is 17.5 Å². The van der Waals surface area contributed by atoms with Gasteiger partial charge in [0.15, 0.2) is 0 Å². The number of halogens is 2. The monoisotopic (exact) mass is 737 g/mol. The first-order valence-electron chi connectivity index (χ1n) is 19.3. The number of likely N-dealkylation sites (tertiary alicyclic amines) is 2. The first-order valence-corrected chi connectivity index (χ1v) is 19.3. The van der Waals surface area contributed by atoms with Crippen LogP contribution >= 0.6 is 0 Å². The van der Waals surface area contributed by atoms with E-state index in [4.69, 9.17) is 25.9 Å². The molecule has 0 bridgehead atoms. The molecular weight excluding hydrogens is 688 g/mol. The molecule has 2 aliphatic carbocycles. The number of anilines is 1. The average molecular weight is 738 g/mol. The van der Waals surface area contributed by atoms with Crippen LogP contribution < -0.4 is 9.64 Å². The number of allylic oxidation sites excluding steroid dienone is 1. The van der Waals surface area contributed by atoms with Gasteiger partial charge in [-0.15, -0.1) is 6.42 Å². The lowest BCUT2D eigenvalue weighted by atomic mass is 9.60. The number of likely N-dealkylation sites (N-methyl/N-ethyl adjacent to an activating group) is 1. The number of carbonyl (C=O) groups is 1. The van der Waals surface area contributed by atoms with Crippen molar-refractivity contribution in [1.29, 1.82) is 0 Å². The number of amides is 1. The van der Waals surface area contributed by atoms with Crippen LogP contribution in [0.25, 0.3) is 22.4 Å². The lowest BCUT2D eigenvalue weighted by Crippen LogP contribution is -2.59. The highest BCUT2D eigenvalue weighted by Gasteiger charge is 2.54. The van der Waals surface area contributed by atoms with Crippen molar-refractivity contribution in [2.24, 2.45) is 5.41 Å². The number of benzene rings is 2. The SMILES string of the molecule is C#Cc1c(F)ccc2cc(O)cc(C3=Cc4nc(OC[C@]5(C)C[C@@H](F)CN5C5CC6(CCOCC6)C5)nc(N(C)C[C@@H]5CCCN5C(=O)C=C)c4CC3)c12. The number of nitrogens with zero attached hydrogens (tertiary/aromatic N) is 5. The van der Waals surface area contributed by atoms with E-state index >= 15 is 8.78 Å². The molecule has 0 unspecified atom stereocenters. The molecule has 11 heteroatoms. The zero-order valence-corrected chi connectivity index (χ0v) is 31.3. The molecule has 3 aromatic rings. The summed E-state index contributed by atoms with van der Waals surface area (Å²) in [7, 11) is 1.97. The van der Waals surface area contributed by atoms with Crippen molar-refractivity contribution in [1.82, 2.24) is 19.8 Å². The summed E-state index contributed by atoms with van der Waals surface area (Å²) in [6.07, 6.45) is 15.7. The van der Waals surface area contributed by atoms with Gasteiger partial charge in [-0.2, -0.15) is 9.97 Å². The van der Waals surface area contributed by atoms with Gasteiger partial charge in [-0.05, 0) is 111 Å². The molecule has 9 nitrogen and oxygen atoms in total. The third kappa shape index (κ3) is 6.62. The van der Waals surface area contributed by atoms with Crippen molar-refractivity contribution in [3.05, 3.63) is 65.1 Å². The fourth-order valence-electron chi connectivity index (χ4n) is 9.99. The summed E-state index contributed by atoms with van der Waals surface area (Å²) in [5, 5.41) is 11.9. The van der Waals surface area contributed by atoms with Gasteiger partial charge in [0.2, 0.25) is 5.91 Å². The topological polar surface area (TPSA) is 91.3 Å². The van der Waals surface area contributed by atoms with Gasteiger partial charge in [0.05, 0.1) is 16.8 Å². The molecule has 4 fully saturated rings. The highest BCUT2D eigenvalue weighted by Crippen LogP contribution is 2.53. The number of hydrogen-bond acceptors (Lipinski definition) is 8. The van der Waals surface area contributed by atoms with Crippen LogP contribution in [-0.2, 0) is 16.0 Å². The van der Waals surface area contributed by atoms with E-state index in [1.807, 2.05) is 18.0 Å². The maximum Gasteiger partial charge on any atom is 0.318 e. The van der Waals surface area contributed by atoms with E-state index in [0.717, 1.165) is 62.9 Å². The van der Waals surface area contributed by atoms with Crippen LogP contribution in [0.5, 0.6) is 11.8 Å². The second-order valence-corrected chi connectivity index (χ2v) is 16.3. The quantitative estimate of drug-likeness (QED) is 0.192. The van der Waals surface area contributed by atoms with E-state index in [-0.39, 0.29) is 35.9 Å². The third-order valence-electron chi connectivity index (χ3n) is 12.8. The molecule has 3 saturated heterocycles. The van der Waals surface area contributed by atoms with Gasteiger partial charge in [0, 0.05) is 69.3 Å². The van der Waals surface area contributed by atoms with E-state index in [0.29, 0.717) is 78.2 Å². The summed E-state index contributed by atoms with van der Waals surface area (Å²) in [5.41, 5.74) is 3.00. The van der Waals surface area contributed by atoms with Crippen LogP contribution in [0.15, 0.2) is 36.9 Å². The van der Waals surface area contributed by atoms with Crippen LogP contribution in [0.4, 0.5) is 14.6 Å². The maximum absolute atomic E-state index is 15.2. The predicted molar refractivity (Wildman–Crippen MR) is 206 cm³/mol. The Kier molecular flexibility index (Phi) is 9.64. The number of terminal acetylenes is 1. The molecule has 8 rings (SSSR count). The Labute approximate surface area is 316 Å². The number of carbonyl (C=O) groups excluding carboxylic acids is 1. The van der Waals surface area contributed by atoms with Crippen molar-refractivity contribution in [3.63, 3.8) is 0 Å². The first kappa shape index (κ1) is 36.4. The zero-order chi connectivity index (χ0) is 37.8. The number of fused-ring (bicyclic) bond motifs is 2. The van der Waals surface area contributed by atoms with Gasteiger partial charge in [-0.3, -0.25) is 9.69 Å². The molecule has 284 valence electrons. The molecule has 3 atom stereocenters. The van der Waals surface area contributed by atoms with Crippen molar-refractivity contribution >= 4 is 34.1 Å². The van der Waals surface area contributed by atoms with E-state index in [9.17, 15) is 9.90 Å². The lowest BCUT2D eigenvalue weighted by Gasteiger charge is -2.55. The minimum atomic E-state index is -0.941. The smallest absolute Gasteiger partial charge is 0.318 e. The largest absolute Gasteiger partial charge is 0.508 e. The van der Waals surface area contributed by atoms with Crippen molar-refractivity contribution < 1.29 is 28.2 Å². The van der Waals surface area contributed by atoms with Gasteiger partial charge in [-0.1, -0.05) is 18.6 Å². The maximum atomic E-state index is 15.2. The Balaban J connectivity index is 1.13. The molecule has 3 aliphatic heterocycles. The Hall–Kier alpha value is -4.53. The molecule has 1 aromatic heterocycles. The van der Waals surface area contributed by atoms with Gasteiger partial charge in [-0.25, -0.2) is 8.78 Å². The fraction of sp³-hybridized carbons (Fsp3) is 0.512. The predicted octanol–water partition coefficient (Wildman–Crippen LogP) is 6.70. The second kappa shape index (κ2) is 14.3. The zero-order valence-electron chi connectivity index (χ0n) is 31.3. The minimum Gasteiger partial charge on any atom is -0.508 e. The van der Waals surface area contributed by atoms with Crippen LogP contribution in [-0.4, -0.2) is 101 Å². The Morgan fingerprint density at radius 2 is 2.02 bits per heavy atom. The summed E-state index contributed by atoms with van der Waals surface area (Å²) >= 11 is 0. The highest BCUT2D eigenvalue weighted by molar-refractivity contribution is 6.02. The molecule has 2 aromatic carbocycles. The van der Waals surface area contributed by atoms with Gasteiger partial charge < -0.3 is 24.4 Å². The summed E-state index contributed by atoms with van der Waals surface area (Å²) in [4.78, 5) is 28.9. The molecular formula is C43H49F2N5O4. The number of phenolic OH excluding ortho intramolecular Hbond substituents is 1. The van der Waals surface area contributed by atoms with Gasteiger partial charge in [0.25, 0.3) is 0 Å². The van der Waals surface area contributed by atoms with E-state index in [1.165, 1.54) is 12.1 Å². The number of rotatable bonds is 9. The van der Waals surface area contributed by atoms with Crippen molar-refractivity contribution in [3.8, 4) is 24.1 Å². The van der Waals surface area contributed by atoms with E-state index in [1.54, 1.807) is 18.2 Å². The van der Waals surface area contributed by atoms with Crippen LogP contribution in [0.1, 0.15) is 80.7 Å². The number of alkyl halides is 1. The summed E-state index contributed by atoms with van der Waals surface area (Å²) in [6.45, 7) is 9.25. The molecule has 1 N–H and O–H groups in total. The Bertz CT molecular complexity index is 2050. The summed E-state index contributed by atoms with van der Waals surface area (Å²) < 4.78 is 42.4. The number of aromatic hydroxyl groups is 1. The Morgan fingerprint density at radius 3 is 2.78 bits per heavy atom. The normalized spacial score (nSPS) is 25.2. The van der Waals surface area contributed by atoms with Crippen molar-refractivity contribution in [2.45, 2.75) is 88.5 Å². The molecule has 1 amide bonds. The molecule has 5 aliphatic rings.